The first-order chi connectivity index (χ1) is 9.49. The largest absolute Gasteiger partial charge is 0.478 e. The molecule has 1 unspecified atom stereocenters. The Kier molecular flexibility index (Phi) is 4.65. The zero-order chi connectivity index (χ0) is 14.7. The SMILES string of the molecule is Cc1cccc(C(=O)O)c1NCC1CCN(C(C)C)C1. The number of carboxylic acid groups (broad SMARTS) is 1. The molecule has 0 spiro atoms. The molecule has 2 N–H and O–H groups in total. The lowest BCUT2D eigenvalue weighted by Crippen LogP contribution is -2.29. The fraction of sp³-hybridized carbons (Fsp3) is 0.562. The zero-order valence-corrected chi connectivity index (χ0v) is 12.5. The Morgan fingerprint density at radius 1 is 1.50 bits per heavy atom. The third-order valence-corrected chi connectivity index (χ3v) is 4.12. The molecule has 4 heteroatoms. The van der Waals surface area contributed by atoms with Gasteiger partial charge < -0.3 is 15.3 Å². The van der Waals surface area contributed by atoms with Crippen molar-refractivity contribution in [3.8, 4) is 0 Å². The van der Waals surface area contributed by atoms with Gasteiger partial charge in [0.15, 0.2) is 0 Å². The molecule has 1 heterocycles. The molecule has 0 amide bonds. The Bertz CT molecular complexity index is 485. The summed E-state index contributed by atoms with van der Waals surface area (Å²) >= 11 is 0. The van der Waals surface area contributed by atoms with Gasteiger partial charge in [-0.1, -0.05) is 12.1 Å². The number of nitrogens with one attached hydrogen (secondary N) is 1. The van der Waals surface area contributed by atoms with E-state index < -0.39 is 5.97 Å². The van der Waals surface area contributed by atoms with Crippen LogP contribution in [0.2, 0.25) is 0 Å². The lowest BCUT2D eigenvalue weighted by atomic mass is 10.1. The summed E-state index contributed by atoms with van der Waals surface area (Å²) in [6.07, 6.45) is 1.18. The van der Waals surface area contributed by atoms with Crippen molar-refractivity contribution in [2.45, 2.75) is 33.2 Å². The number of carbonyl (C=O) groups is 1. The second-order valence-electron chi connectivity index (χ2n) is 5.93. The third-order valence-electron chi connectivity index (χ3n) is 4.12. The molecule has 1 aliphatic heterocycles. The van der Waals surface area contributed by atoms with Crippen LogP contribution in [-0.2, 0) is 0 Å². The highest BCUT2D eigenvalue weighted by atomic mass is 16.4. The number of benzene rings is 1. The van der Waals surface area contributed by atoms with Crippen LogP contribution in [0.25, 0.3) is 0 Å². The minimum atomic E-state index is -0.869. The lowest BCUT2D eigenvalue weighted by molar-refractivity contribution is 0.0698. The topological polar surface area (TPSA) is 52.6 Å². The predicted octanol–water partition coefficient (Wildman–Crippen LogP) is 2.84. The van der Waals surface area contributed by atoms with Gasteiger partial charge in [-0.2, -0.15) is 0 Å². The molecule has 1 aromatic rings. The quantitative estimate of drug-likeness (QED) is 0.868. The fourth-order valence-corrected chi connectivity index (χ4v) is 2.83. The first-order valence-electron chi connectivity index (χ1n) is 7.30. The van der Waals surface area contributed by atoms with Crippen LogP contribution >= 0.6 is 0 Å². The Morgan fingerprint density at radius 2 is 2.25 bits per heavy atom. The summed E-state index contributed by atoms with van der Waals surface area (Å²) < 4.78 is 0. The van der Waals surface area contributed by atoms with Crippen molar-refractivity contribution in [3.05, 3.63) is 29.3 Å². The molecule has 1 aromatic carbocycles. The standard InChI is InChI=1S/C16H24N2O2/c1-11(2)18-8-7-13(10-18)9-17-15-12(3)5-4-6-14(15)16(19)20/h4-6,11,13,17H,7-10H2,1-3H3,(H,19,20). The number of para-hydroxylation sites is 1. The number of carboxylic acids is 1. The van der Waals surface area contributed by atoms with Crippen LogP contribution < -0.4 is 5.32 Å². The maximum absolute atomic E-state index is 11.3. The Morgan fingerprint density at radius 3 is 2.85 bits per heavy atom. The van der Waals surface area contributed by atoms with Crippen molar-refractivity contribution in [2.75, 3.05) is 25.0 Å². The summed E-state index contributed by atoms with van der Waals surface area (Å²) in [6, 6.07) is 5.99. The molecule has 4 nitrogen and oxygen atoms in total. The fourth-order valence-electron chi connectivity index (χ4n) is 2.83. The van der Waals surface area contributed by atoms with Crippen LogP contribution in [0.3, 0.4) is 0 Å². The zero-order valence-electron chi connectivity index (χ0n) is 12.5. The van der Waals surface area contributed by atoms with E-state index in [2.05, 4.69) is 24.1 Å². The van der Waals surface area contributed by atoms with Crippen LogP contribution in [0.5, 0.6) is 0 Å². The minimum absolute atomic E-state index is 0.365. The van der Waals surface area contributed by atoms with E-state index >= 15 is 0 Å². The highest BCUT2D eigenvalue weighted by molar-refractivity contribution is 5.95. The molecule has 110 valence electrons. The van der Waals surface area contributed by atoms with Crippen LogP contribution in [0.15, 0.2) is 18.2 Å². The highest BCUT2D eigenvalue weighted by Gasteiger charge is 2.24. The minimum Gasteiger partial charge on any atom is -0.478 e. The number of hydrogen-bond donors (Lipinski definition) is 2. The summed E-state index contributed by atoms with van der Waals surface area (Å²) in [4.78, 5) is 13.7. The summed E-state index contributed by atoms with van der Waals surface area (Å²) in [6.45, 7) is 9.47. The molecule has 0 radical (unpaired) electrons. The van der Waals surface area contributed by atoms with Gasteiger partial charge in [-0.15, -0.1) is 0 Å². The molecule has 0 aliphatic carbocycles. The predicted molar refractivity (Wildman–Crippen MR) is 81.4 cm³/mol. The monoisotopic (exact) mass is 276 g/mol. The molecule has 1 fully saturated rings. The molecule has 0 bridgehead atoms. The molecular weight excluding hydrogens is 252 g/mol. The Labute approximate surface area is 120 Å². The van der Waals surface area contributed by atoms with Crippen molar-refractivity contribution in [1.82, 2.24) is 4.90 Å². The van der Waals surface area contributed by atoms with Crippen LogP contribution in [0, 0.1) is 12.8 Å². The maximum Gasteiger partial charge on any atom is 0.337 e. The number of nitrogens with zero attached hydrogens (tertiary/aromatic N) is 1. The average Bonchev–Trinajstić information content (AvgIpc) is 2.86. The number of anilines is 1. The van der Waals surface area contributed by atoms with Crippen LogP contribution in [-0.4, -0.2) is 41.7 Å². The summed E-state index contributed by atoms with van der Waals surface area (Å²) in [5.74, 6) is -0.273. The summed E-state index contributed by atoms with van der Waals surface area (Å²) in [7, 11) is 0. The van der Waals surface area contributed by atoms with Gasteiger partial charge in [-0.3, -0.25) is 0 Å². The molecule has 20 heavy (non-hydrogen) atoms. The van der Waals surface area contributed by atoms with E-state index in [4.69, 9.17) is 0 Å². The second-order valence-corrected chi connectivity index (χ2v) is 5.93. The normalized spacial score (nSPS) is 19.5. The Hall–Kier alpha value is -1.55. The number of hydrogen-bond acceptors (Lipinski definition) is 3. The van der Waals surface area contributed by atoms with Crippen molar-refractivity contribution in [3.63, 3.8) is 0 Å². The van der Waals surface area contributed by atoms with E-state index in [1.807, 2.05) is 13.0 Å². The average molecular weight is 276 g/mol. The van der Waals surface area contributed by atoms with Gasteiger partial charge in [0.25, 0.3) is 0 Å². The molecule has 1 saturated heterocycles. The molecule has 0 aromatic heterocycles. The van der Waals surface area contributed by atoms with Crippen molar-refractivity contribution in [2.24, 2.45) is 5.92 Å². The van der Waals surface area contributed by atoms with Gasteiger partial charge in [-0.25, -0.2) is 4.79 Å². The Balaban J connectivity index is 2.00. The molecular formula is C16H24N2O2. The van der Waals surface area contributed by atoms with E-state index in [0.717, 1.165) is 30.9 Å². The van der Waals surface area contributed by atoms with Crippen molar-refractivity contribution in [1.29, 1.82) is 0 Å². The van der Waals surface area contributed by atoms with Gasteiger partial charge in [0.2, 0.25) is 0 Å². The van der Waals surface area contributed by atoms with Crippen LogP contribution in [0.1, 0.15) is 36.2 Å². The van der Waals surface area contributed by atoms with Crippen molar-refractivity contribution >= 4 is 11.7 Å². The van der Waals surface area contributed by atoms with Gasteiger partial charge >= 0.3 is 5.97 Å². The smallest absolute Gasteiger partial charge is 0.337 e. The van der Waals surface area contributed by atoms with E-state index in [0.29, 0.717) is 17.5 Å². The van der Waals surface area contributed by atoms with Crippen molar-refractivity contribution < 1.29 is 9.90 Å². The van der Waals surface area contributed by atoms with Gasteiger partial charge in [0.1, 0.15) is 0 Å². The molecule has 1 aliphatic rings. The first kappa shape index (κ1) is 14.9. The summed E-state index contributed by atoms with van der Waals surface area (Å²) in [5, 5.41) is 12.6. The van der Waals surface area contributed by atoms with E-state index in [1.54, 1.807) is 12.1 Å². The maximum atomic E-state index is 11.3. The molecule has 1 atom stereocenters. The van der Waals surface area contributed by atoms with E-state index in [9.17, 15) is 9.90 Å². The first-order valence-corrected chi connectivity index (χ1v) is 7.30. The second kappa shape index (κ2) is 6.27. The third kappa shape index (κ3) is 3.31. The molecule has 0 saturated carbocycles. The number of aromatic carboxylic acids is 1. The van der Waals surface area contributed by atoms with E-state index in [1.165, 1.54) is 6.42 Å². The number of rotatable bonds is 5. The van der Waals surface area contributed by atoms with Gasteiger partial charge in [0.05, 0.1) is 11.3 Å². The van der Waals surface area contributed by atoms with Gasteiger partial charge in [0, 0.05) is 19.1 Å². The van der Waals surface area contributed by atoms with E-state index in [-0.39, 0.29) is 0 Å². The number of aryl methyl sites for hydroxylation is 1. The van der Waals surface area contributed by atoms with Gasteiger partial charge in [-0.05, 0) is 51.3 Å². The molecule has 2 rings (SSSR count). The highest BCUT2D eigenvalue weighted by Crippen LogP contribution is 2.23. The lowest BCUT2D eigenvalue weighted by Gasteiger charge is -2.21. The number of likely N-dealkylation sites (tertiary alicyclic amines) is 1. The summed E-state index contributed by atoms with van der Waals surface area (Å²) in [5.41, 5.74) is 2.12. The van der Waals surface area contributed by atoms with Crippen LogP contribution in [0.4, 0.5) is 5.69 Å².